The van der Waals surface area contributed by atoms with Crippen LogP contribution in [0.5, 0.6) is 5.75 Å². The minimum atomic E-state index is -1.26. The molecule has 104 valence electrons. The fourth-order valence-electron chi connectivity index (χ4n) is 1.75. The summed E-state index contributed by atoms with van der Waals surface area (Å²) in [6.45, 7) is 3.42. The Morgan fingerprint density at radius 2 is 1.95 bits per heavy atom. The molecule has 0 aliphatic heterocycles. The molecular weight excluding hydrogens is 262 g/mol. The third kappa shape index (κ3) is 2.46. The number of phenolic OH excluding ortho intramolecular Hbond substituents is 1. The van der Waals surface area contributed by atoms with Gasteiger partial charge in [0.2, 0.25) is 0 Å². The maximum atomic E-state index is 12.0. The van der Waals surface area contributed by atoms with Gasteiger partial charge in [0.15, 0.2) is 11.4 Å². The second-order valence-electron chi connectivity index (χ2n) is 4.34. The summed E-state index contributed by atoms with van der Waals surface area (Å²) >= 11 is 0. The summed E-state index contributed by atoms with van der Waals surface area (Å²) in [5.74, 6) is -1.76. The first kappa shape index (κ1) is 13.6. The average Bonchev–Trinajstić information content (AvgIpc) is 2.85. The van der Waals surface area contributed by atoms with E-state index in [2.05, 4.69) is 15.3 Å². The number of nitrogens with one attached hydrogen (secondary N) is 2. The number of carbonyl (C=O) groups excluding carboxylic acids is 1. The average molecular weight is 275 g/mol. The Hall–Kier alpha value is -2.83. The van der Waals surface area contributed by atoms with E-state index in [0.29, 0.717) is 16.8 Å². The van der Waals surface area contributed by atoms with Gasteiger partial charge in [-0.2, -0.15) is 0 Å². The van der Waals surface area contributed by atoms with E-state index in [-0.39, 0.29) is 17.1 Å². The lowest BCUT2D eigenvalue weighted by Crippen LogP contribution is -2.17. The van der Waals surface area contributed by atoms with Gasteiger partial charge in [-0.15, -0.1) is 0 Å². The van der Waals surface area contributed by atoms with Crippen molar-refractivity contribution in [3.8, 4) is 5.75 Å². The van der Waals surface area contributed by atoms with Crippen molar-refractivity contribution in [2.24, 2.45) is 0 Å². The van der Waals surface area contributed by atoms with Gasteiger partial charge in [0, 0.05) is 5.69 Å². The molecule has 1 aromatic carbocycles. The number of aromatic hydroxyl groups is 1. The van der Waals surface area contributed by atoms with Crippen LogP contribution < -0.4 is 5.32 Å². The Bertz CT molecular complexity index is 691. The Balaban J connectivity index is 2.30. The van der Waals surface area contributed by atoms with E-state index < -0.39 is 11.9 Å². The number of rotatable bonds is 3. The number of hydrogen-bond donors (Lipinski definition) is 4. The number of aryl methyl sites for hydroxylation is 2. The van der Waals surface area contributed by atoms with Gasteiger partial charge in [0.25, 0.3) is 5.91 Å². The number of aromatic amines is 1. The minimum Gasteiger partial charge on any atom is -0.508 e. The van der Waals surface area contributed by atoms with Gasteiger partial charge in [0.1, 0.15) is 5.75 Å². The van der Waals surface area contributed by atoms with E-state index in [9.17, 15) is 14.7 Å². The summed E-state index contributed by atoms with van der Waals surface area (Å²) in [6.07, 6.45) is 1.15. The van der Waals surface area contributed by atoms with Crippen molar-refractivity contribution in [3.05, 3.63) is 41.0 Å². The number of carboxylic acids is 1. The Morgan fingerprint density at radius 1 is 1.25 bits per heavy atom. The van der Waals surface area contributed by atoms with Gasteiger partial charge >= 0.3 is 5.97 Å². The molecule has 0 fully saturated rings. The second kappa shape index (κ2) is 5.04. The molecule has 4 N–H and O–H groups in total. The highest BCUT2D eigenvalue weighted by molar-refractivity contribution is 6.08. The minimum absolute atomic E-state index is 0.131. The van der Waals surface area contributed by atoms with E-state index in [1.54, 1.807) is 19.9 Å². The molecule has 0 unspecified atom stereocenters. The Morgan fingerprint density at radius 3 is 2.60 bits per heavy atom. The molecule has 0 spiro atoms. The lowest BCUT2D eigenvalue weighted by Gasteiger charge is -2.10. The van der Waals surface area contributed by atoms with Gasteiger partial charge in [0.05, 0.1) is 6.33 Å². The summed E-state index contributed by atoms with van der Waals surface area (Å²) in [7, 11) is 0. The molecule has 1 heterocycles. The van der Waals surface area contributed by atoms with Crippen LogP contribution in [0.1, 0.15) is 32.1 Å². The van der Waals surface area contributed by atoms with Crippen molar-refractivity contribution >= 4 is 17.6 Å². The molecule has 1 aromatic heterocycles. The predicted octanol–water partition coefficient (Wildman–Crippen LogP) is 1.68. The zero-order valence-electron chi connectivity index (χ0n) is 10.9. The summed E-state index contributed by atoms with van der Waals surface area (Å²) in [5.41, 5.74) is 1.29. The normalized spacial score (nSPS) is 10.3. The zero-order chi connectivity index (χ0) is 14.9. The van der Waals surface area contributed by atoms with Crippen LogP contribution in [-0.4, -0.2) is 32.1 Å². The number of amides is 1. The SMILES string of the molecule is Cc1cc(NC(=O)c2nc[nH]c2C(=O)O)c(C)cc1O. The fraction of sp³-hybridized carbons (Fsp3) is 0.154. The quantitative estimate of drug-likeness (QED) is 0.636. The molecule has 0 bridgehead atoms. The number of imidazole rings is 1. The highest BCUT2D eigenvalue weighted by atomic mass is 16.4. The fourth-order valence-corrected chi connectivity index (χ4v) is 1.75. The second-order valence-corrected chi connectivity index (χ2v) is 4.34. The van der Waals surface area contributed by atoms with Crippen molar-refractivity contribution in [1.29, 1.82) is 0 Å². The van der Waals surface area contributed by atoms with E-state index >= 15 is 0 Å². The molecule has 2 rings (SSSR count). The van der Waals surface area contributed by atoms with E-state index in [4.69, 9.17) is 5.11 Å². The van der Waals surface area contributed by atoms with Crippen LogP contribution in [0, 0.1) is 13.8 Å². The van der Waals surface area contributed by atoms with Crippen LogP contribution >= 0.6 is 0 Å². The number of phenols is 1. The molecule has 0 atom stereocenters. The first-order chi connectivity index (χ1) is 9.40. The number of aromatic nitrogens is 2. The molecule has 20 heavy (non-hydrogen) atoms. The maximum Gasteiger partial charge on any atom is 0.354 e. The molecule has 7 heteroatoms. The highest BCUT2D eigenvalue weighted by Gasteiger charge is 2.20. The van der Waals surface area contributed by atoms with Crippen molar-refractivity contribution in [2.75, 3.05) is 5.32 Å². The third-order valence-corrected chi connectivity index (χ3v) is 2.86. The number of anilines is 1. The molecule has 2 aromatic rings. The zero-order valence-corrected chi connectivity index (χ0v) is 10.9. The molecule has 0 saturated heterocycles. The van der Waals surface area contributed by atoms with Crippen molar-refractivity contribution < 1.29 is 19.8 Å². The van der Waals surface area contributed by atoms with Crippen LogP contribution in [0.4, 0.5) is 5.69 Å². The summed E-state index contributed by atoms with van der Waals surface area (Å²) in [5, 5.41) is 21.1. The number of benzene rings is 1. The van der Waals surface area contributed by atoms with Crippen LogP contribution in [0.15, 0.2) is 18.5 Å². The predicted molar refractivity (Wildman–Crippen MR) is 71.1 cm³/mol. The molecule has 0 saturated carbocycles. The van der Waals surface area contributed by atoms with Crippen molar-refractivity contribution in [3.63, 3.8) is 0 Å². The van der Waals surface area contributed by atoms with Gasteiger partial charge in [-0.05, 0) is 37.1 Å². The van der Waals surface area contributed by atoms with Gasteiger partial charge in [-0.25, -0.2) is 9.78 Å². The number of carbonyl (C=O) groups is 2. The first-order valence-corrected chi connectivity index (χ1v) is 5.78. The van der Waals surface area contributed by atoms with E-state index in [1.807, 2.05) is 0 Å². The summed E-state index contributed by atoms with van der Waals surface area (Å²) in [6, 6.07) is 3.13. The van der Waals surface area contributed by atoms with Gasteiger partial charge < -0.3 is 20.5 Å². The third-order valence-electron chi connectivity index (χ3n) is 2.86. The Kier molecular flexibility index (Phi) is 3.43. The lowest BCUT2D eigenvalue weighted by atomic mass is 10.1. The van der Waals surface area contributed by atoms with Crippen LogP contribution in [0.25, 0.3) is 0 Å². The lowest BCUT2D eigenvalue weighted by molar-refractivity contribution is 0.0686. The molecule has 0 aliphatic rings. The van der Waals surface area contributed by atoms with Crippen LogP contribution in [0.2, 0.25) is 0 Å². The number of hydrogen-bond acceptors (Lipinski definition) is 4. The maximum absolute atomic E-state index is 12.0. The molecule has 0 radical (unpaired) electrons. The van der Waals surface area contributed by atoms with Crippen molar-refractivity contribution in [1.82, 2.24) is 9.97 Å². The highest BCUT2D eigenvalue weighted by Crippen LogP contribution is 2.25. The summed E-state index contributed by atoms with van der Waals surface area (Å²) in [4.78, 5) is 29.1. The smallest absolute Gasteiger partial charge is 0.354 e. The summed E-state index contributed by atoms with van der Waals surface area (Å²) < 4.78 is 0. The van der Waals surface area contributed by atoms with E-state index in [1.165, 1.54) is 6.07 Å². The van der Waals surface area contributed by atoms with Crippen LogP contribution in [0.3, 0.4) is 0 Å². The van der Waals surface area contributed by atoms with Gasteiger partial charge in [-0.3, -0.25) is 4.79 Å². The first-order valence-electron chi connectivity index (χ1n) is 5.78. The molecule has 7 nitrogen and oxygen atoms in total. The monoisotopic (exact) mass is 275 g/mol. The number of aromatic carboxylic acids is 1. The molecule has 1 amide bonds. The standard InChI is InChI=1S/C13H13N3O4/c1-6-4-9(17)7(2)3-8(6)16-12(18)10-11(13(19)20)15-5-14-10/h3-5,17H,1-2H3,(H,14,15)(H,16,18)(H,19,20). The van der Waals surface area contributed by atoms with Crippen molar-refractivity contribution in [2.45, 2.75) is 13.8 Å². The van der Waals surface area contributed by atoms with Gasteiger partial charge in [-0.1, -0.05) is 0 Å². The Labute approximate surface area is 114 Å². The number of carboxylic acid groups (broad SMARTS) is 1. The molecule has 0 aliphatic carbocycles. The number of nitrogens with zero attached hydrogens (tertiary/aromatic N) is 1. The largest absolute Gasteiger partial charge is 0.508 e. The molecular formula is C13H13N3O4. The van der Waals surface area contributed by atoms with E-state index in [0.717, 1.165) is 6.33 Å². The van der Waals surface area contributed by atoms with Crippen LogP contribution in [-0.2, 0) is 0 Å². The topological polar surface area (TPSA) is 115 Å². The number of H-pyrrole nitrogens is 1.